The molecule has 0 radical (unpaired) electrons. The molecule has 7 nitrogen and oxygen atoms in total. The highest BCUT2D eigenvalue weighted by atomic mass is 16.1. The first-order valence-corrected chi connectivity index (χ1v) is 8.04. The van der Waals surface area contributed by atoms with Crippen molar-refractivity contribution in [1.82, 2.24) is 29.6 Å². The van der Waals surface area contributed by atoms with Crippen molar-refractivity contribution in [3.8, 4) is 5.82 Å². The number of nitrogens with zero attached hydrogens (tertiary/aromatic N) is 4. The number of hydrogen-bond acceptors (Lipinski definition) is 3. The number of benzene rings is 1. The number of aromatic amines is 1. The van der Waals surface area contributed by atoms with Crippen molar-refractivity contribution in [2.24, 2.45) is 7.05 Å². The van der Waals surface area contributed by atoms with Gasteiger partial charge in [0.15, 0.2) is 0 Å². The number of fused-ring (bicyclic) bond motifs is 1. The van der Waals surface area contributed by atoms with Crippen LogP contribution in [0.1, 0.15) is 29.1 Å². The molecular weight excluding hydrogens is 316 g/mol. The maximum absolute atomic E-state index is 12.8. The van der Waals surface area contributed by atoms with Gasteiger partial charge >= 0.3 is 0 Å². The van der Waals surface area contributed by atoms with Crippen LogP contribution in [0.4, 0.5) is 0 Å². The van der Waals surface area contributed by atoms with Crippen molar-refractivity contribution >= 4 is 16.9 Å². The summed E-state index contributed by atoms with van der Waals surface area (Å²) in [6.07, 6.45) is 5.35. The Morgan fingerprint density at radius 1 is 1.20 bits per heavy atom. The fraction of sp³-hybridized carbons (Fsp3) is 0.167. The Morgan fingerprint density at radius 2 is 1.96 bits per heavy atom. The summed E-state index contributed by atoms with van der Waals surface area (Å²) < 4.78 is 3.55. The number of carbonyl (C=O) groups excluding carboxylic acids is 1. The number of hydrogen-bond donors (Lipinski definition) is 2. The fourth-order valence-corrected chi connectivity index (χ4v) is 2.89. The van der Waals surface area contributed by atoms with Crippen molar-refractivity contribution in [2.45, 2.75) is 13.0 Å². The summed E-state index contributed by atoms with van der Waals surface area (Å²) in [5.74, 6) is 1.25. The molecule has 0 aliphatic carbocycles. The molecule has 1 unspecified atom stereocenters. The summed E-state index contributed by atoms with van der Waals surface area (Å²) in [4.78, 5) is 20.5. The number of imidazole rings is 1. The van der Waals surface area contributed by atoms with E-state index < -0.39 is 0 Å². The monoisotopic (exact) mass is 334 g/mol. The van der Waals surface area contributed by atoms with Gasteiger partial charge in [0.25, 0.3) is 5.91 Å². The van der Waals surface area contributed by atoms with E-state index in [1.165, 1.54) is 0 Å². The molecule has 0 fully saturated rings. The van der Waals surface area contributed by atoms with Gasteiger partial charge in [0, 0.05) is 19.4 Å². The smallest absolute Gasteiger partial charge is 0.257 e. The molecule has 25 heavy (non-hydrogen) atoms. The number of carbonyl (C=O) groups is 1. The first-order valence-electron chi connectivity index (χ1n) is 8.04. The Hall–Kier alpha value is -3.35. The summed E-state index contributed by atoms with van der Waals surface area (Å²) in [7, 11) is 1.81. The molecule has 0 saturated heterocycles. The van der Waals surface area contributed by atoms with Crippen molar-refractivity contribution in [3.05, 3.63) is 66.4 Å². The third kappa shape index (κ3) is 2.69. The first-order chi connectivity index (χ1) is 12.1. The topological polar surface area (TPSA) is 80.5 Å². The van der Waals surface area contributed by atoms with E-state index in [1.54, 1.807) is 10.9 Å². The molecule has 1 aromatic carbocycles. The highest BCUT2D eigenvalue weighted by Crippen LogP contribution is 2.18. The number of aromatic nitrogens is 5. The minimum absolute atomic E-state index is 0.190. The first kappa shape index (κ1) is 15.2. The molecule has 4 rings (SSSR count). The largest absolute Gasteiger partial charge is 0.342 e. The van der Waals surface area contributed by atoms with Crippen molar-refractivity contribution in [2.75, 3.05) is 0 Å². The Balaban J connectivity index is 1.60. The van der Waals surface area contributed by atoms with E-state index in [1.807, 2.05) is 67.3 Å². The van der Waals surface area contributed by atoms with Gasteiger partial charge in [-0.1, -0.05) is 12.1 Å². The van der Waals surface area contributed by atoms with E-state index in [4.69, 9.17) is 0 Å². The molecule has 0 saturated carbocycles. The van der Waals surface area contributed by atoms with Crippen LogP contribution in [0.15, 0.2) is 55.0 Å². The lowest BCUT2D eigenvalue weighted by Gasteiger charge is -2.12. The highest BCUT2D eigenvalue weighted by Gasteiger charge is 2.20. The Labute approximate surface area is 144 Å². The normalized spacial score (nSPS) is 12.4. The predicted molar refractivity (Wildman–Crippen MR) is 94.5 cm³/mol. The van der Waals surface area contributed by atoms with E-state index in [9.17, 15) is 4.79 Å². The molecule has 126 valence electrons. The van der Waals surface area contributed by atoms with Gasteiger partial charge in [-0.05, 0) is 31.2 Å². The third-order valence-corrected chi connectivity index (χ3v) is 4.17. The summed E-state index contributed by atoms with van der Waals surface area (Å²) in [5.41, 5.74) is 2.35. The average Bonchev–Trinajstić information content (AvgIpc) is 3.33. The number of rotatable bonds is 4. The van der Waals surface area contributed by atoms with Gasteiger partial charge in [0.05, 0.1) is 23.3 Å². The second-order valence-electron chi connectivity index (χ2n) is 5.93. The van der Waals surface area contributed by atoms with Crippen molar-refractivity contribution in [3.63, 3.8) is 0 Å². The van der Waals surface area contributed by atoms with Gasteiger partial charge in [-0.2, -0.15) is 5.10 Å². The average molecular weight is 334 g/mol. The van der Waals surface area contributed by atoms with Crippen LogP contribution in [0.2, 0.25) is 0 Å². The lowest BCUT2D eigenvalue weighted by atomic mass is 10.2. The molecular formula is C18H18N6O. The second-order valence-corrected chi connectivity index (χ2v) is 5.93. The van der Waals surface area contributed by atoms with E-state index >= 15 is 0 Å². The molecule has 1 amide bonds. The second kappa shape index (κ2) is 5.94. The molecule has 0 aliphatic rings. The van der Waals surface area contributed by atoms with E-state index in [0.29, 0.717) is 5.56 Å². The van der Waals surface area contributed by atoms with Crippen LogP contribution in [0.3, 0.4) is 0 Å². The van der Waals surface area contributed by atoms with Crippen LogP contribution in [-0.2, 0) is 7.05 Å². The molecule has 3 aromatic heterocycles. The van der Waals surface area contributed by atoms with Crippen LogP contribution in [0.5, 0.6) is 0 Å². The van der Waals surface area contributed by atoms with E-state index in [0.717, 1.165) is 22.7 Å². The van der Waals surface area contributed by atoms with Gasteiger partial charge in [-0.3, -0.25) is 9.48 Å². The van der Waals surface area contributed by atoms with Crippen LogP contribution in [0, 0.1) is 0 Å². The molecule has 3 heterocycles. The van der Waals surface area contributed by atoms with Crippen LogP contribution < -0.4 is 5.32 Å². The number of para-hydroxylation sites is 2. The fourth-order valence-electron chi connectivity index (χ4n) is 2.89. The van der Waals surface area contributed by atoms with Gasteiger partial charge < -0.3 is 14.9 Å². The molecule has 0 aliphatic heterocycles. The Morgan fingerprint density at radius 3 is 2.72 bits per heavy atom. The molecule has 2 N–H and O–H groups in total. The summed E-state index contributed by atoms with van der Waals surface area (Å²) in [5, 5.41) is 7.21. The Bertz CT molecular complexity index is 994. The number of nitrogens with one attached hydrogen (secondary N) is 2. The maximum Gasteiger partial charge on any atom is 0.257 e. The van der Waals surface area contributed by atoms with Crippen molar-refractivity contribution < 1.29 is 4.79 Å². The Kier molecular flexibility index (Phi) is 3.61. The number of amides is 1. The minimum atomic E-state index is -0.252. The van der Waals surface area contributed by atoms with E-state index in [-0.39, 0.29) is 11.9 Å². The molecule has 0 spiro atoms. The van der Waals surface area contributed by atoms with Gasteiger partial charge in [-0.15, -0.1) is 0 Å². The summed E-state index contributed by atoms with van der Waals surface area (Å²) >= 11 is 0. The summed E-state index contributed by atoms with van der Waals surface area (Å²) in [6, 6.07) is 11.4. The number of H-pyrrole nitrogens is 1. The molecule has 4 aromatic rings. The van der Waals surface area contributed by atoms with Crippen LogP contribution in [0.25, 0.3) is 16.9 Å². The standard InChI is InChI=1S/C18H18N6O/c1-12(16-21-14-7-3-4-8-15(14)22-16)20-17(25)13-11-19-23(2)18(13)24-9-5-6-10-24/h3-12H,1-2H3,(H,20,25)(H,21,22). The van der Waals surface area contributed by atoms with Gasteiger partial charge in [0.2, 0.25) is 0 Å². The van der Waals surface area contributed by atoms with Gasteiger partial charge in [0.1, 0.15) is 17.2 Å². The zero-order chi connectivity index (χ0) is 17.4. The quantitative estimate of drug-likeness (QED) is 0.602. The lowest BCUT2D eigenvalue weighted by Crippen LogP contribution is -2.28. The van der Waals surface area contributed by atoms with Crippen molar-refractivity contribution in [1.29, 1.82) is 0 Å². The third-order valence-electron chi connectivity index (χ3n) is 4.17. The maximum atomic E-state index is 12.8. The zero-order valence-corrected chi connectivity index (χ0v) is 14.0. The highest BCUT2D eigenvalue weighted by molar-refractivity contribution is 5.97. The summed E-state index contributed by atoms with van der Waals surface area (Å²) in [6.45, 7) is 1.90. The molecule has 7 heteroatoms. The molecule has 1 atom stereocenters. The SMILES string of the molecule is CC(NC(=O)c1cnn(C)c1-n1cccc1)c1nc2ccccc2[nH]1. The van der Waals surface area contributed by atoms with Gasteiger partial charge in [-0.25, -0.2) is 4.98 Å². The lowest BCUT2D eigenvalue weighted by molar-refractivity contribution is 0.0938. The molecule has 0 bridgehead atoms. The predicted octanol–water partition coefficient (Wildman–Crippen LogP) is 2.58. The van der Waals surface area contributed by atoms with E-state index in [2.05, 4.69) is 20.4 Å². The number of aryl methyl sites for hydroxylation is 1. The zero-order valence-electron chi connectivity index (χ0n) is 14.0. The minimum Gasteiger partial charge on any atom is -0.342 e. The van der Waals surface area contributed by atoms with Crippen LogP contribution >= 0.6 is 0 Å². The van der Waals surface area contributed by atoms with Crippen LogP contribution in [-0.4, -0.2) is 30.2 Å².